The van der Waals surface area contributed by atoms with Gasteiger partial charge in [-0.25, -0.2) is 4.98 Å². The molecule has 0 aliphatic rings. The van der Waals surface area contributed by atoms with Gasteiger partial charge in [0.1, 0.15) is 12.6 Å². The zero-order valence-electron chi connectivity index (χ0n) is 9.61. The van der Waals surface area contributed by atoms with Crippen LogP contribution in [-0.2, 0) is 9.53 Å². The molecular weight excluding hydrogens is 287 g/mol. The third kappa shape index (κ3) is 5.85. The molecule has 0 saturated carbocycles. The molecule has 0 radical (unpaired) electrons. The van der Waals surface area contributed by atoms with E-state index in [-0.39, 0.29) is 18.8 Å². The third-order valence-electron chi connectivity index (χ3n) is 1.89. The molecule has 0 fully saturated rings. The van der Waals surface area contributed by atoms with Crippen molar-refractivity contribution in [2.75, 3.05) is 25.1 Å². The number of carboxylic acid groups (broad SMARTS) is 1. The van der Waals surface area contributed by atoms with Crippen molar-refractivity contribution in [1.29, 1.82) is 0 Å². The number of hydrogen-bond acceptors (Lipinski definition) is 6. The highest BCUT2D eigenvalue weighted by atomic mass is 32.1. The van der Waals surface area contributed by atoms with Crippen molar-refractivity contribution in [2.24, 2.45) is 5.73 Å². The lowest BCUT2D eigenvalue weighted by Crippen LogP contribution is -2.21. The van der Waals surface area contributed by atoms with E-state index in [2.05, 4.69) is 15.0 Å². The maximum Gasteiger partial charge on any atom is 0.411 e. The van der Waals surface area contributed by atoms with E-state index in [1.54, 1.807) is 0 Å². The zero-order valence-corrected chi connectivity index (χ0v) is 10.4. The predicted octanol–water partition coefficient (Wildman–Crippen LogP) is 1.22. The van der Waals surface area contributed by atoms with Crippen LogP contribution in [0.15, 0.2) is 5.38 Å². The van der Waals surface area contributed by atoms with E-state index >= 15 is 0 Å². The van der Waals surface area contributed by atoms with Crippen molar-refractivity contribution in [3.8, 4) is 0 Å². The number of aromatic nitrogens is 1. The fourth-order valence-electron chi connectivity index (χ4n) is 1.05. The fraction of sp³-hybridized carbons (Fsp3) is 0.556. The first kappa shape index (κ1) is 15.7. The molecule has 1 heterocycles. The van der Waals surface area contributed by atoms with E-state index in [9.17, 15) is 18.0 Å². The topological polar surface area (TPSA) is 97.5 Å². The minimum atomic E-state index is -4.34. The first-order valence-corrected chi connectivity index (χ1v) is 6.00. The number of thiazole rings is 1. The van der Waals surface area contributed by atoms with Crippen LogP contribution >= 0.6 is 11.3 Å². The van der Waals surface area contributed by atoms with E-state index in [0.717, 1.165) is 11.3 Å². The van der Waals surface area contributed by atoms with E-state index < -0.39 is 24.8 Å². The van der Waals surface area contributed by atoms with Gasteiger partial charge in [0.05, 0.1) is 12.3 Å². The summed E-state index contributed by atoms with van der Waals surface area (Å²) in [6.07, 6.45) is -4.34. The molecule has 6 nitrogen and oxygen atoms in total. The van der Waals surface area contributed by atoms with Crippen molar-refractivity contribution in [2.45, 2.75) is 12.2 Å². The lowest BCUT2D eigenvalue weighted by atomic mass is 10.2. The molecular formula is C9H12F3N3O3S. The Balaban J connectivity index is 2.29. The Morgan fingerprint density at radius 3 is 2.89 bits per heavy atom. The highest BCUT2D eigenvalue weighted by molar-refractivity contribution is 7.13. The molecule has 0 aromatic carbocycles. The van der Waals surface area contributed by atoms with Gasteiger partial charge in [-0.15, -0.1) is 11.3 Å². The quantitative estimate of drug-likeness (QED) is 0.655. The van der Waals surface area contributed by atoms with Gasteiger partial charge in [0.15, 0.2) is 5.13 Å². The Morgan fingerprint density at radius 1 is 1.63 bits per heavy atom. The lowest BCUT2D eigenvalue weighted by molar-refractivity contribution is -0.172. The number of aliphatic carboxylic acids is 1. The summed E-state index contributed by atoms with van der Waals surface area (Å²) in [5, 5.41) is 13.2. The molecule has 0 spiro atoms. The summed E-state index contributed by atoms with van der Waals surface area (Å²) >= 11 is 1.12. The first-order valence-electron chi connectivity index (χ1n) is 5.12. The molecule has 1 unspecified atom stereocenters. The molecule has 10 heteroatoms. The lowest BCUT2D eigenvalue weighted by Gasteiger charge is -2.07. The Kier molecular flexibility index (Phi) is 5.51. The van der Waals surface area contributed by atoms with E-state index in [4.69, 9.17) is 10.8 Å². The second-order valence-corrected chi connectivity index (χ2v) is 4.35. The largest absolute Gasteiger partial charge is 0.480 e. The molecule has 1 rings (SSSR count). The number of anilines is 1. The molecule has 19 heavy (non-hydrogen) atoms. The van der Waals surface area contributed by atoms with Gasteiger partial charge in [-0.05, 0) is 0 Å². The molecule has 0 saturated heterocycles. The molecule has 1 aromatic heterocycles. The van der Waals surface area contributed by atoms with Crippen LogP contribution in [0.25, 0.3) is 0 Å². The summed E-state index contributed by atoms with van der Waals surface area (Å²) in [4.78, 5) is 14.5. The van der Waals surface area contributed by atoms with Crippen LogP contribution in [0, 0.1) is 0 Å². The maximum absolute atomic E-state index is 11.7. The zero-order chi connectivity index (χ0) is 14.5. The number of ether oxygens (including phenoxy) is 1. The first-order chi connectivity index (χ1) is 8.79. The standard InChI is InChI=1S/C9H12F3N3O3S/c10-9(11,12)4-18-2-1-14-8-15-5(3-19-8)6(13)7(16)17/h3,6H,1-2,4,13H2,(H,14,15)(H,16,17). The van der Waals surface area contributed by atoms with Gasteiger partial charge in [-0.1, -0.05) is 0 Å². The number of halogens is 3. The van der Waals surface area contributed by atoms with Crippen molar-refractivity contribution in [3.05, 3.63) is 11.1 Å². The van der Waals surface area contributed by atoms with Crippen LogP contribution in [-0.4, -0.2) is 42.0 Å². The predicted molar refractivity (Wildman–Crippen MR) is 62.0 cm³/mol. The number of carbonyl (C=O) groups is 1. The van der Waals surface area contributed by atoms with Crippen LogP contribution < -0.4 is 11.1 Å². The molecule has 4 N–H and O–H groups in total. The van der Waals surface area contributed by atoms with Gasteiger partial charge in [-0.3, -0.25) is 4.79 Å². The highest BCUT2D eigenvalue weighted by Gasteiger charge is 2.27. The van der Waals surface area contributed by atoms with Crippen molar-refractivity contribution in [3.63, 3.8) is 0 Å². The molecule has 108 valence electrons. The summed E-state index contributed by atoms with van der Waals surface area (Å²) in [6, 6.07) is -1.21. The molecule has 1 aromatic rings. The van der Waals surface area contributed by atoms with Crippen LogP contribution in [0.2, 0.25) is 0 Å². The summed E-state index contributed by atoms with van der Waals surface area (Å²) in [5.41, 5.74) is 5.53. The van der Waals surface area contributed by atoms with Crippen molar-refractivity contribution < 1.29 is 27.8 Å². The van der Waals surface area contributed by atoms with Crippen molar-refractivity contribution in [1.82, 2.24) is 4.98 Å². The Morgan fingerprint density at radius 2 is 2.32 bits per heavy atom. The van der Waals surface area contributed by atoms with Gasteiger partial charge in [0.2, 0.25) is 0 Å². The molecule has 0 aliphatic heterocycles. The Hall–Kier alpha value is -1.39. The summed E-state index contributed by atoms with van der Waals surface area (Å²) in [5.74, 6) is -1.20. The van der Waals surface area contributed by atoms with Crippen molar-refractivity contribution >= 4 is 22.4 Å². The van der Waals surface area contributed by atoms with Crippen LogP contribution in [0.1, 0.15) is 11.7 Å². The minimum Gasteiger partial charge on any atom is -0.480 e. The van der Waals surface area contributed by atoms with E-state index in [1.807, 2.05) is 0 Å². The highest BCUT2D eigenvalue weighted by Crippen LogP contribution is 2.19. The monoisotopic (exact) mass is 299 g/mol. The number of rotatable bonds is 7. The van der Waals surface area contributed by atoms with Crippen LogP contribution in [0.5, 0.6) is 0 Å². The van der Waals surface area contributed by atoms with Crippen LogP contribution in [0.4, 0.5) is 18.3 Å². The molecule has 0 amide bonds. The number of hydrogen-bond donors (Lipinski definition) is 3. The number of alkyl halides is 3. The molecule has 0 aliphatic carbocycles. The smallest absolute Gasteiger partial charge is 0.411 e. The van der Waals surface area contributed by atoms with E-state index in [0.29, 0.717) is 5.13 Å². The maximum atomic E-state index is 11.7. The number of nitrogens with one attached hydrogen (secondary N) is 1. The molecule has 0 bridgehead atoms. The summed E-state index contributed by atoms with van der Waals surface area (Å²) in [6.45, 7) is -1.31. The number of nitrogens with zero attached hydrogens (tertiary/aromatic N) is 1. The van der Waals surface area contributed by atoms with E-state index in [1.165, 1.54) is 5.38 Å². The Labute approximate surface area is 110 Å². The summed E-state index contributed by atoms with van der Waals surface area (Å²) in [7, 11) is 0. The third-order valence-corrected chi connectivity index (χ3v) is 2.71. The van der Waals surface area contributed by atoms with Gasteiger partial charge in [-0.2, -0.15) is 13.2 Å². The second-order valence-electron chi connectivity index (χ2n) is 3.49. The normalized spacial score (nSPS) is 13.3. The van der Waals surface area contributed by atoms with Crippen LogP contribution in [0.3, 0.4) is 0 Å². The Bertz CT molecular complexity index is 424. The van der Waals surface area contributed by atoms with Gasteiger partial charge < -0.3 is 20.9 Å². The second kappa shape index (κ2) is 6.68. The minimum absolute atomic E-state index is 0.130. The SMILES string of the molecule is NC(C(=O)O)c1csc(NCCOCC(F)(F)F)n1. The van der Waals surface area contributed by atoms with Gasteiger partial charge >= 0.3 is 12.1 Å². The number of nitrogens with two attached hydrogens (primary N) is 1. The van der Waals surface area contributed by atoms with Gasteiger partial charge in [0, 0.05) is 11.9 Å². The molecule has 1 atom stereocenters. The number of carboxylic acids is 1. The van der Waals surface area contributed by atoms with Gasteiger partial charge in [0.25, 0.3) is 0 Å². The average Bonchev–Trinajstić information content (AvgIpc) is 2.74. The fourth-order valence-corrected chi connectivity index (χ4v) is 1.83. The average molecular weight is 299 g/mol. The summed E-state index contributed by atoms with van der Waals surface area (Å²) < 4.78 is 39.6.